The third-order valence-corrected chi connectivity index (χ3v) is 3.52. The molecule has 1 heterocycles. The van der Waals surface area contributed by atoms with Crippen molar-refractivity contribution in [3.8, 4) is 5.88 Å². The van der Waals surface area contributed by atoms with E-state index in [1.54, 1.807) is 0 Å². The molecule has 0 saturated carbocycles. The van der Waals surface area contributed by atoms with Gasteiger partial charge in [-0.2, -0.15) is 0 Å². The Bertz CT molecular complexity index is 436. The number of nitrogens with zero attached hydrogens (tertiary/aromatic N) is 1. The quantitative estimate of drug-likeness (QED) is 0.712. The van der Waals surface area contributed by atoms with Gasteiger partial charge in [-0.3, -0.25) is 0 Å². The van der Waals surface area contributed by atoms with E-state index in [1.165, 1.54) is 25.4 Å². The second kappa shape index (κ2) is 8.25. The van der Waals surface area contributed by atoms with E-state index in [-0.39, 0.29) is 17.3 Å². The molecule has 0 aliphatic heterocycles. The number of likely N-dealkylation sites (N-methyl/N-ethyl adjacent to an activating group) is 1. The zero-order valence-corrected chi connectivity index (χ0v) is 12.0. The molecule has 0 aliphatic carbocycles. The van der Waals surface area contributed by atoms with Crippen molar-refractivity contribution < 1.29 is 13.2 Å². The van der Waals surface area contributed by atoms with Gasteiger partial charge in [0.25, 0.3) is 0 Å². The smallest absolute Gasteiger partial charge is 0.242 e. The van der Waals surface area contributed by atoms with E-state index in [4.69, 9.17) is 4.74 Å². The fourth-order valence-electron chi connectivity index (χ4n) is 1.18. The molecule has 1 aromatic rings. The molecule has 104 valence electrons. The Kier molecular flexibility index (Phi) is 7.85. The topological polar surface area (TPSA) is 80.3 Å². The van der Waals surface area contributed by atoms with Crippen molar-refractivity contribution >= 4 is 22.4 Å². The third-order valence-electron chi connectivity index (χ3n) is 2.07. The van der Waals surface area contributed by atoms with Crippen LogP contribution in [0.4, 0.5) is 0 Å². The van der Waals surface area contributed by atoms with Crippen molar-refractivity contribution in [1.82, 2.24) is 15.0 Å². The minimum atomic E-state index is -3.47. The number of hydrogen-bond donors (Lipinski definition) is 2. The van der Waals surface area contributed by atoms with Crippen molar-refractivity contribution in [3.63, 3.8) is 0 Å². The van der Waals surface area contributed by atoms with Gasteiger partial charge in [0.05, 0.1) is 13.3 Å². The van der Waals surface area contributed by atoms with Crippen LogP contribution in [0.5, 0.6) is 5.88 Å². The van der Waals surface area contributed by atoms with Crippen LogP contribution in [0.2, 0.25) is 0 Å². The van der Waals surface area contributed by atoms with Gasteiger partial charge in [-0.05, 0) is 12.6 Å². The maximum absolute atomic E-state index is 11.8. The van der Waals surface area contributed by atoms with Crippen LogP contribution >= 0.6 is 12.4 Å². The molecule has 0 spiro atoms. The van der Waals surface area contributed by atoms with E-state index in [1.807, 2.05) is 6.92 Å². The fraction of sp³-hybridized carbons (Fsp3) is 0.500. The van der Waals surface area contributed by atoms with Crippen molar-refractivity contribution in [1.29, 1.82) is 0 Å². The molecule has 18 heavy (non-hydrogen) atoms. The molecule has 2 N–H and O–H groups in total. The van der Waals surface area contributed by atoms with Crippen LogP contribution in [0.1, 0.15) is 6.92 Å². The summed E-state index contributed by atoms with van der Waals surface area (Å²) in [4.78, 5) is 3.98. The van der Waals surface area contributed by atoms with E-state index in [0.717, 1.165) is 6.54 Å². The summed E-state index contributed by atoms with van der Waals surface area (Å²) in [6.45, 7) is 3.72. The summed E-state index contributed by atoms with van der Waals surface area (Å²) in [6, 6.07) is 2.97. The second-order valence-corrected chi connectivity index (χ2v) is 5.05. The number of hydrogen-bond acceptors (Lipinski definition) is 5. The van der Waals surface area contributed by atoms with Gasteiger partial charge in [0.15, 0.2) is 0 Å². The average molecular weight is 296 g/mol. The van der Waals surface area contributed by atoms with Gasteiger partial charge in [0.1, 0.15) is 4.90 Å². The molecule has 0 unspecified atom stereocenters. The van der Waals surface area contributed by atoms with E-state index < -0.39 is 10.0 Å². The number of methoxy groups -OCH3 is 1. The molecule has 0 radical (unpaired) electrons. The van der Waals surface area contributed by atoms with Gasteiger partial charge in [0.2, 0.25) is 15.9 Å². The molecule has 0 aromatic carbocycles. The van der Waals surface area contributed by atoms with Gasteiger partial charge >= 0.3 is 0 Å². The van der Waals surface area contributed by atoms with E-state index in [2.05, 4.69) is 15.0 Å². The van der Waals surface area contributed by atoms with Crippen LogP contribution in [0.15, 0.2) is 23.2 Å². The van der Waals surface area contributed by atoms with Crippen molar-refractivity contribution in [2.45, 2.75) is 11.8 Å². The summed E-state index contributed by atoms with van der Waals surface area (Å²) in [7, 11) is -2.00. The number of aromatic nitrogens is 1. The second-order valence-electron chi connectivity index (χ2n) is 3.29. The molecule has 8 heteroatoms. The van der Waals surface area contributed by atoms with Gasteiger partial charge in [-0.1, -0.05) is 6.92 Å². The standard InChI is InChI=1S/C10H17N3O3S.ClH/c1-3-11-6-7-13-17(14,15)9-4-5-10(16-2)12-8-9;/h4-5,8,11,13H,3,6-7H2,1-2H3;1H. The predicted octanol–water partition coefficient (Wildman–Crippen LogP) is 0.400. The van der Waals surface area contributed by atoms with Gasteiger partial charge < -0.3 is 10.1 Å². The first-order chi connectivity index (χ1) is 8.10. The average Bonchev–Trinajstić information content (AvgIpc) is 2.35. The number of halogens is 1. The zero-order valence-electron chi connectivity index (χ0n) is 10.3. The Hall–Kier alpha value is -0.890. The minimum Gasteiger partial charge on any atom is -0.481 e. The lowest BCUT2D eigenvalue weighted by Gasteiger charge is -2.07. The highest BCUT2D eigenvalue weighted by molar-refractivity contribution is 7.89. The first-order valence-electron chi connectivity index (χ1n) is 5.30. The van der Waals surface area contributed by atoms with Gasteiger partial charge in [-0.15, -0.1) is 12.4 Å². The Morgan fingerprint density at radius 3 is 2.56 bits per heavy atom. The molecular formula is C10H18ClN3O3S. The SMILES string of the molecule is CCNCCNS(=O)(=O)c1ccc(OC)nc1.Cl. The first kappa shape index (κ1) is 17.1. The molecule has 1 aromatic heterocycles. The summed E-state index contributed by atoms with van der Waals surface area (Å²) in [5.74, 6) is 0.386. The fourth-order valence-corrected chi connectivity index (χ4v) is 2.16. The number of sulfonamides is 1. The van der Waals surface area contributed by atoms with Crippen LogP contribution in [0.3, 0.4) is 0 Å². The number of rotatable bonds is 7. The number of pyridine rings is 1. The monoisotopic (exact) mass is 295 g/mol. The highest BCUT2D eigenvalue weighted by atomic mass is 35.5. The lowest BCUT2D eigenvalue weighted by molar-refractivity contribution is 0.397. The molecule has 0 amide bonds. The molecular weight excluding hydrogens is 278 g/mol. The van der Waals surface area contributed by atoms with Crippen LogP contribution in [0.25, 0.3) is 0 Å². The van der Waals surface area contributed by atoms with Crippen LogP contribution in [0, 0.1) is 0 Å². The predicted molar refractivity (Wildman–Crippen MR) is 71.8 cm³/mol. The third kappa shape index (κ3) is 5.18. The maximum Gasteiger partial charge on any atom is 0.242 e. The summed E-state index contributed by atoms with van der Waals surface area (Å²) in [5, 5.41) is 3.03. The largest absolute Gasteiger partial charge is 0.481 e. The molecule has 6 nitrogen and oxygen atoms in total. The zero-order chi connectivity index (χ0) is 12.7. The first-order valence-corrected chi connectivity index (χ1v) is 6.79. The number of nitrogens with one attached hydrogen (secondary N) is 2. The van der Waals surface area contributed by atoms with Crippen molar-refractivity contribution in [2.24, 2.45) is 0 Å². The van der Waals surface area contributed by atoms with Crippen molar-refractivity contribution in [2.75, 3.05) is 26.7 Å². The molecule has 0 fully saturated rings. The Labute approximate surface area is 114 Å². The van der Waals surface area contributed by atoms with Gasteiger partial charge in [-0.25, -0.2) is 18.1 Å². The molecule has 0 atom stereocenters. The minimum absolute atomic E-state index is 0. The summed E-state index contributed by atoms with van der Waals surface area (Å²) in [6.07, 6.45) is 1.27. The normalized spacial score (nSPS) is 10.8. The highest BCUT2D eigenvalue weighted by Crippen LogP contribution is 2.11. The Morgan fingerprint density at radius 1 is 1.33 bits per heavy atom. The lowest BCUT2D eigenvalue weighted by Crippen LogP contribution is -2.31. The van der Waals surface area contributed by atoms with Crippen LogP contribution in [-0.4, -0.2) is 40.1 Å². The highest BCUT2D eigenvalue weighted by Gasteiger charge is 2.13. The molecule has 0 aliphatic rings. The van der Waals surface area contributed by atoms with E-state index in [9.17, 15) is 8.42 Å². The summed E-state index contributed by atoms with van der Waals surface area (Å²) < 4.78 is 30.9. The van der Waals surface area contributed by atoms with Gasteiger partial charge in [0, 0.05) is 19.2 Å². The summed E-state index contributed by atoms with van der Waals surface area (Å²) in [5.41, 5.74) is 0. The van der Waals surface area contributed by atoms with E-state index >= 15 is 0 Å². The molecule has 0 saturated heterocycles. The Balaban J connectivity index is 0.00000289. The Morgan fingerprint density at radius 2 is 2.06 bits per heavy atom. The lowest BCUT2D eigenvalue weighted by atomic mass is 10.5. The van der Waals surface area contributed by atoms with Crippen LogP contribution in [-0.2, 0) is 10.0 Å². The summed E-state index contributed by atoms with van der Waals surface area (Å²) >= 11 is 0. The van der Waals surface area contributed by atoms with Crippen LogP contribution < -0.4 is 14.8 Å². The number of ether oxygens (including phenoxy) is 1. The maximum atomic E-state index is 11.8. The van der Waals surface area contributed by atoms with E-state index in [0.29, 0.717) is 19.0 Å². The van der Waals surface area contributed by atoms with Crippen molar-refractivity contribution in [3.05, 3.63) is 18.3 Å². The molecule has 0 bridgehead atoms. The molecule has 1 rings (SSSR count).